The van der Waals surface area contributed by atoms with Crippen LogP contribution in [0.5, 0.6) is 0 Å². The largest absolute Gasteiger partial charge is 0.480 e. The quantitative estimate of drug-likeness (QED) is 0.741. The third-order valence-electron chi connectivity index (χ3n) is 2.74. The zero-order chi connectivity index (χ0) is 10.9. The zero-order valence-corrected chi connectivity index (χ0v) is 8.26. The first kappa shape index (κ1) is 10.1. The van der Waals surface area contributed by atoms with Crippen LogP contribution in [-0.4, -0.2) is 31.2 Å². The molecule has 1 heterocycles. The minimum atomic E-state index is -0.968. The molecule has 0 amide bonds. The summed E-state index contributed by atoms with van der Waals surface area (Å²) in [7, 11) is 0. The normalized spacial score (nSPS) is 19.3. The van der Waals surface area contributed by atoms with E-state index in [0.717, 1.165) is 12.8 Å². The Balaban J connectivity index is 2.15. The molecular weight excluding hydrogens is 198 g/mol. The van der Waals surface area contributed by atoms with Gasteiger partial charge in [-0.3, -0.25) is 4.79 Å². The highest BCUT2D eigenvalue weighted by atomic mass is 16.4. The summed E-state index contributed by atoms with van der Waals surface area (Å²) >= 11 is 0. The minimum Gasteiger partial charge on any atom is -0.480 e. The molecule has 82 valence electrons. The number of carbonyl (C=O) groups is 1. The first-order valence-corrected chi connectivity index (χ1v) is 4.95. The molecule has 0 aliphatic heterocycles. The molecule has 2 N–H and O–H groups in total. The lowest BCUT2D eigenvalue weighted by Gasteiger charge is -2.17. The predicted molar refractivity (Wildman–Crippen MR) is 50.0 cm³/mol. The van der Waals surface area contributed by atoms with E-state index in [2.05, 4.69) is 10.3 Å². The second-order valence-electron chi connectivity index (χ2n) is 3.93. The van der Waals surface area contributed by atoms with Gasteiger partial charge in [0.1, 0.15) is 17.8 Å². The second-order valence-corrected chi connectivity index (χ2v) is 3.93. The first-order valence-electron chi connectivity index (χ1n) is 4.95. The maximum absolute atomic E-state index is 10.4. The summed E-state index contributed by atoms with van der Waals surface area (Å²) in [5.74, 6) is -0.968. The number of hydrogen-bond acceptors (Lipinski definition) is 4. The van der Waals surface area contributed by atoms with Crippen LogP contribution < -0.4 is 0 Å². The van der Waals surface area contributed by atoms with Gasteiger partial charge in [-0.1, -0.05) is 18.1 Å². The minimum absolute atomic E-state index is 0.219. The number of hydrogen-bond donors (Lipinski definition) is 2. The molecule has 0 atom stereocenters. The fraction of sp³-hybridized carbons (Fsp3) is 0.667. The second kappa shape index (κ2) is 3.62. The summed E-state index contributed by atoms with van der Waals surface area (Å²) in [5, 5.41) is 26.2. The Kier molecular flexibility index (Phi) is 2.44. The summed E-state index contributed by atoms with van der Waals surface area (Å²) in [6.45, 7) is -0.219. The monoisotopic (exact) mass is 211 g/mol. The van der Waals surface area contributed by atoms with Crippen LogP contribution in [0.4, 0.5) is 0 Å². The SMILES string of the molecule is O=C(O)Cn1cc(C2(O)CCCC2)nn1. The van der Waals surface area contributed by atoms with Crippen LogP contribution in [0.25, 0.3) is 0 Å². The molecular formula is C9H13N3O3. The number of carboxylic acids is 1. The van der Waals surface area contributed by atoms with Gasteiger partial charge >= 0.3 is 5.97 Å². The fourth-order valence-electron chi connectivity index (χ4n) is 1.94. The van der Waals surface area contributed by atoms with Gasteiger partial charge in [-0.05, 0) is 12.8 Å². The molecule has 1 aliphatic carbocycles. The highest BCUT2D eigenvalue weighted by Gasteiger charge is 2.35. The van der Waals surface area contributed by atoms with Gasteiger partial charge in [0.25, 0.3) is 0 Å². The van der Waals surface area contributed by atoms with Crippen LogP contribution in [0.1, 0.15) is 31.4 Å². The van der Waals surface area contributed by atoms with E-state index >= 15 is 0 Å². The highest BCUT2D eigenvalue weighted by molar-refractivity contribution is 5.66. The third-order valence-corrected chi connectivity index (χ3v) is 2.74. The molecule has 1 saturated carbocycles. The van der Waals surface area contributed by atoms with Crippen LogP contribution in [0.3, 0.4) is 0 Å². The Morgan fingerprint density at radius 2 is 2.20 bits per heavy atom. The molecule has 0 bridgehead atoms. The van der Waals surface area contributed by atoms with Gasteiger partial charge in [-0.25, -0.2) is 4.68 Å². The van der Waals surface area contributed by atoms with Crippen LogP contribution in [0.2, 0.25) is 0 Å². The van der Waals surface area contributed by atoms with Crippen LogP contribution >= 0.6 is 0 Å². The van der Waals surface area contributed by atoms with Crippen LogP contribution in [0.15, 0.2) is 6.20 Å². The van der Waals surface area contributed by atoms with E-state index in [-0.39, 0.29) is 6.54 Å². The van der Waals surface area contributed by atoms with E-state index in [9.17, 15) is 9.90 Å². The molecule has 0 unspecified atom stereocenters. The van der Waals surface area contributed by atoms with Gasteiger partial charge in [0.2, 0.25) is 0 Å². The van der Waals surface area contributed by atoms with E-state index in [4.69, 9.17) is 5.11 Å². The van der Waals surface area contributed by atoms with Crippen molar-refractivity contribution in [2.24, 2.45) is 0 Å². The van der Waals surface area contributed by atoms with Gasteiger partial charge in [-0.15, -0.1) is 5.10 Å². The van der Waals surface area contributed by atoms with E-state index in [1.54, 1.807) is 0 Å². The number of nitrogens with zero attached hydrogens (tertiary/aromatic N) is 3. The summed E-state index contributed by atoms with van der Waals surface area (Å²) in [4.78, 5) is 10.4. The molecule has 0 radical (unpaired) electrons. The molecule has 1 fully saturated rings. The van der Waals surface area contributed by atoms with E-state index in [1.165, 1.54) is 10.9 Å². The first-order chi connectivity index (χ1) is 7.10. The number of aliphatic hydroxyl groups is 1. The Morgan fingerprint density at radius 3 is 2.80 bits per heavy atom. The maximum Gasteiger partial charge on any atom is 0.325 e. The molecule has 0 aromatic carbocycles. The van der Waals surface area contributed by atoms with Crippen LogP contribution in [-0.2, 0) is 16.9 Å². The molecule has 1 aromatic heterocycles. The molecule has 0 saturated heterocycles. The van der Waals surface area contributed by atoms with E-state index < -0.39 is 11.6 Å². The Labute approximate surface area is 86.5 Å². The lowest BCUT2D eigenvalue weighted by Crippen LogP contribution is -2.21. The van der Waals surface area contributed by atoms with Crippen molar-refractivity contribution in [2.45, 2.75) is 37.8 Å². The van der Waals surface area contributed by atoms with Crippen molar-refractivity contribution >= 4 is 5.97 Å². The zero-order valence-electron chi connectivity index (χ0n) is 8.26. The van der Waals surface area contributed by atoms with Crippen molar-refractivity contribution in [2.75, 3.05) is 0 Å². The molecule has 1 aromatic rings. The van der Waals surface area contributed by atoms with Gasteiger partial charge in [0.05, 0.1) is 6.20 Å². The average Bonchev–Trinajstić information content (AvgIpc) is 2.74. The smallest absolute Gasteiger partial charge is 0.325 e. The molecule has 1 aliphatic rings. The highest BCUT2D eigenvalue weighted by Crippen LogP contribution is 2.37. The van der Waals surface area contributed by atoms with Gasteiger partial charge in [0.15, 0.2) is 0 Å². The van der Waals surface area contributed by atoms with Crippen molar-refractivity contribution in [1.29, 1.82) is 0 Å². The van der Waals surface area contributed by atoms with Gasteiger partial charge in [-0.2, -0.15) is 0 Å². The Morgan fingerprint density at radius 1 is 1.53 bits per heavy atom. The molecule has 0 spiro atoms. The van der Waals surface area contributed by atoms with Crippen molar-refractivity contribution in [3.8, 4) is 0 Å². The lowest BCUT2D eigenvalue weighted by molar-refractivity contribution is -0.137. The third kappa shape index (κ3) is 1.99. The fourth-order valence-corrected chi connectivity index (χ4v) is 1.94. The van der Waals surface area contributed by atoms with Crippen molar-refractivity contribution in [3.05, 3.63) is 11.9 Å². The van der Waals surface area contributed by atoms with Crippen molar-refractivity contribution < 1.29 is 15.0 Å². The molecule has 6 nitrogen and oxygen atoms in total. The van der Waals surface area contributed by atoms with Gasteiger partial charge < -0.3 is 10.2 Å². The summed E-state index contributed by atoms with van der Waals surface area (Å²) < 4.78 is 1.23. The Hall–Kier alpha value is -1.43. The topological polar surface area (TPSA) is 88.2 Å². The Bertz CT molecular complexity index is 368. The van der Waals surface area contributed by atoms with Gasteiger partial charge in [0, 0.05) is 0 Å². The van der Waals surface area contributed by atoms with Crippen LogP contribution in [0, 0.1) is 0 Å². The maximum atomic E-state index is 10.4. The average molecular weight is 211 g/mol. The van der Waals surface area contributed by atoms with E-state index in [1.807, 2.05) is 0 Å². The number of carboxylic acid groups (broad SMARTS) is 1. The number of aliphatic carboxylic acids is 1. The molecule has 6 heteroatoms. The lowest BCUT2D eigenvalue weighted by atomic mass is 9.99. The summed E-state index contributed by atoms with van der Waals surface area (Å²) in [5.41, 5.74) is -0.405. The summed E-state index contributed by atoms with van der Waals surface area (Å²) in [6, 6.07) is 0. The predicted octanol–water partition coefficient (Wildman–Crippen LogP) is 0.124. The molecule has 2 rings (SSSR count). The van der Waals surface area contributed by atoms with Crippen molar-refractivity contribution in [1.82, 2.24) is 15.0 Å². The standard InChI is InChI=1S/C9H13N3O3/c13-8(14)6-12-5-7(10-11-12)9(15)3-1-2-4-9/h5,15H,1-4,6H2,(H,13,14). The summed E-state index contributed by atoms with van der Waals surface area (Å²) in [6.07, 6.45) is 4.82. The molecule has 15 heavy (non-hydrogen) atoms. The van der Waals surface area contributed by atoms with E-state index in [0.29, 0.717) is 18.5 Å². The van der Waals surface area contributed by atoms with Crippen molar-refractivity contribution in [3.63, 3.8) is 0 Å². The number of aromatic nitrogens is 3. The number of rotatable bonds is 3.